The molecule has 0 radical (unpaired) electrons. The summed E-state index contributed by atoms with van der Waals surface area (Å²) < 4.78 is 0. The first kappa shape index (κ1) is 17.3. The molecule has 2 aromatic rings. The molecule has 1 aromatic heterocycles. The molecule has 1 aliphatic rings. The third-order valence-electron chi connectivity index (χ3n) is 3.66. The van der Waals surface area contributed by atoms with Gasteiger partial charge in [-0.05, 0) is 42.1 Å². The Kier molecular flexibility index (Phi) is 5.43. The molecule has 1 aromatic carbocycles. The number of halogens is 1. The lowest BCUT2D eigenvalue weighted by Gasteiger charge is -2.14. The van der Waals surface area contributed by atoms with Crippen LogP contribution in [0.5, 0.6) is 0 Å². The number of hydrogen-bond donors (Lipinski definition) is 0. The number of carbonyl (C=O) groups is 2. The van der Waals surface area contributed by atoms with E-state index in [0.29, 0.717) is 22.0 Å². The van der Waals surface area contributed by atoms with E-state index in [0.717, 1.165) is 22.6 Å². The Hall–Kier alpha value is -1.56. The topological polar surface area (TPSA) is 37.4 Å². The number of carbonyl (C=O) groups excluding carboxylic acids is 2. The van der Waals surface area contributed by atoms with Gasteiger partial charge in [0.2, 0.25) is 0 Å². The Labute approximate surface area is 154 Å². The van der Waals surface area contributed by atoms with Gasteiger partial charge in [0.15, 0.2) is 0 Å². The average molecular weight is 378 g/mol. The highest BCUT2D eigenvalue weighted by molar-refractivity contribution is 8.04. The van der Waals surface area contributed by atoms with Crippen molar-refractivity contribution in [3.63, 3.8) is 0 Å². The SMILES string of the molecule is CCCCN1C(=O)C(Sc2ccc(Cl)cc2)=C(c2cccs2)C1=O. The fraction of sp³-hybridized carbons (Fsp3) is 0.222. The number of thiophene rings is 1. The van der Waals surface area contributed by atoms with Gasteiger partial charge in [-0.3, -0.25) is 14.5 Å². The Morgan fingerprint density at radius 3 is 2.50 bits per heavy atom. The van der Waals surface area contributed by atoms with Gasteiger partial charge in [-0.25, -0.2) is 0 Å². The molecule has 1 aliphatic heterocycles. The summed E-state index contributed by atoms with van der Waals surface area (Å²) in [6, 6.07) is 11.1. The van der Waals surface area contributed by atoms with E-state index in [9.17, 15) is 9.59 Å². The second-order valence-corrected chi connectivity index (χ2v) is 7.82. The minimum absolute atomic E-state index is 0.188. The standard InChI is InChI=1S/C18H16ClNO2S2/c1-2-3-10-20-17(21)15(14-5-4-11-23-14)16(18(20)22)24-13-8-6-12(19)7-9-13/h4-9,11H,2-3,10H2,1H3. The molecule has 0 saturated heterocycles. The van der Waals surface area contributed by atoms with Crippen LogP contribution < -0.4 is 0 Å². The van der Waals surface area contributed by atoms with Gasteiger partial charge in [0, 0.05) is 21.3 Å². The molecular weight excluding hydrogens is 362 g/mol. The molecule has 0 spiro atoms. The fourth-order valence-electron chi connectivity index (χ4n) is 2.43. The molecule has 2 heterocycles. The molecule has 124 valence electrons. The van der Waals surface area contributed by atoms with E-state index in [1.54, 1.807) is 12.1 Å². The molecule has 0 unspecified atom stereocenters. The van der Waals surface area contributed by atoms with E-state index in [4.69, 9.17) is 11.6 Å². The molecule has 0 saturated carbocycles. The first-order valence-corrected chi connectivity index (χ1v) is 9.77. The first-order chi connectivity index (χ1) is 11.6. The van der Waals surface area contributed by atoms with Gasteiger partial charge in [0.05, 0.1) is 10.5 Å². The third-order valence-corrected chi connectivity index (χ3v) is 5.89. The van der Waals surface area contributed by atoms with E-state index >= 15 is 0 Å². The molecule has 0 N–H and O–H groups in total. The zero-order chi connectivity index (χ0) is 17.1. The number of thioether (sulfide) groups is 1. The largest absolute Gasteiger partial charge is 0.274 e. The van der Waals surface area contributed by atoms with Crippen molar-refractivity contribution in [3.05, 3.63) is 56.6 Å². The summed E-state index contributed by atoms with van der Waals surface area (Å²) in [6.45, 7) is 2.51. The van der Waals surface area contributed by atoms with Crippen LogP contribution in [-0.2, 0) is 9.59 Å². The molecule has 2 amide bonds. The zero-order valence-corrected chi connectivity index (χ0v) is 15.5. The second kappa shape index (κ2) is 7.55. The number of imide groups is 1. The normalized spacial score (nSPS) is 14.8. The van der Waals surface area contributed by atoms with E-state index in [-0.39, 0.29) is 11.8 Å². The maximum absolute atomic E-state index is 12.8. The highest BCUT2D eigenvalue weighted by Crippen LogP contribution is 2.41. The van der Waals surface area contributed by atoms with E-state index in [1.165, 1.54) is 28.0 Å². The first-order valence-electron chi connectivity index (χ1n) is 7.69. The van der Waals surface area contributed by atoms with Gasteiger partial charge in [0.1, 0.15) is 0 Å². The minimum Gasteiger partial charge on any atom is -0.274 e. The van der Waals surface area contributed by atoms with Crippen LogP contribution in [-0.4, -0.2) is 23.3 Å². The molecule has 24 heavy (non-hydrogen) atoms. The van der Waals surface area contributed by atoms with Crippen molar-refractivity contribution in [1.29, 1.82) is 0 Å². The van der Waals surface area contributed by atoms with Crippen molar-refractivity contribution in [3.8, 4) is 0 Å². The third kappa shape index (κ3) is 3.43. The van der Waals surface area contributed by atoms with Crippen molar-refractivity contribution in [1.82, 2.24) is 4.90 Å². The van der Waals surface area contributed by atoms with E-state index < -0.39 is 0 Å². The van der Waals surface area contributed by atoms with E-state index in [2.05, 4.69) is 0 Å². The van der Waals surface area contributed by atoms with Gasteiger partial charge in [-0.15, -0.1) is 11.3 Å². The van der Waals surface area contributed by atoms with Crippen LogP contribution in [0.25, 0.3) is 5.57 Å². The fourth-order valence-corrected chi connectivity index (χ4v) is 4.39. The Morgan fingerprint density at radius 2 is 1.88 bits per heavy atom. The number of nitrogens with zero attached hydrogens (tertiary/aromatic N) is 1. The molecular formula is C18H16ClNO2S2. The van der Waals surface area contributed by atoms with Gasteiger partial charge >= 0.3 is 0 Å². The maximum atomic E-state index is 12.8. The number of amides is 2. The minimum atomic E-state index is -0.197. The summed E-state index contributed by atoms with van der Waals surface area (Å²) in [5, 5.41) is 2.56. The summed E-state index contributed by atoms with van der Waals surface area (Å²) in [7, 11) is 0. The van der Waals surface area contributed by atoms with E-state index in [1.807, 2.05) is 36.6 Å². The van der Waals surface area contributed by atoms with Gasteiger partial charge < -0.3 is 0 Å². The van der Waals surface area contributed by atoms with Gasteiger partial charge in [0.25, 0.3) is 11.8 Å². The van der Waals surface area contributed by atoms with Crippen LogP contribution >= 0.6 is 34.7 Å². The Morgan fingerprint density at radius 1 is 1.12 bits per heavy atom. The number of benzene rings is 1. The lowest BCUT2D eigenvalue weighted by molar-refractivity contribution is -0.136. The van der Waals surface area contributed by atoms with Crippen molar-refractivity contribution < 1.29 is 9.59 Å². The summed E-state index contributed by atoms with van der Waals surface area (Å²) >= 11 is 8.73. The van der Waals surface area contributed by atoms with Crippen molar-refractivity contribution >= 4 is 52.1 Å². The monoisotopic (exact) mass is 377 g/mol. The van der Waals surface area contributed by atoms with Crippen LogP contribution in [0.15, 0.2) is 51.6 Å². The molecule has 0 bridgehead atoms. The smallest absolute Gasteiger partial charge is 0.268 e. The summed E-state index contributed by atoms with van der Waals surface area (Å²) in [6.07, 6.45) is 1.75. The molecule has 3 rings (SSSR count). The molecule has 0 fully saturated rings. The molecule has 3 nitrogen and oxygen atoms in total. The molecule has 6 heteroatoms. The highest BCUT2D eigenvalue weighted by atomic mass is 35.5. The summed E-state index contributed by atoms with van der Waals surface area (Å²) in [5.74, 6) is -0.385. The number of rotatable bonds is 6. The van der Waals surface area contributed by atoms with Crippen LogP contribution in [0.4, 0.5) is 0 Å². The second-order valence-electron chi connectivity index (χ2n) is 5.35. The highest BCUT2D eigenvalue weighted by Gasteiger charge is 2.39. The summed E-state index contributed by atoms with van der Waals surface area (Å²) in [4.78, 5) is 29.2. The predicted octanol–water partition coefficient (Wildman–Crippen LogP) is 5.07. The molecule has 0 atom stereocenters. The van der Waals surface area contributed by atoms with Gasteiger partial charge in [-0.1, -0.05) is 42.8 Å². The zero-order valence-electron chi connectivity index (χ0n) is 13.1. The van der Waals surface area contributed by atoms with Crippen molar-refractivity contribution in [2.45, 2.75) is 24.7 Å². The van der Waals surface area contributed by atoms with Crippen LogP contribution in [0.2, 0.25) is 5.02 Å². The molecule has 0 aliphatic carbocycles. The lowest BCUT2D eigenvalue weighted by Crippen LogP contribution is -2.32. The van der Waals surface area contributed by atoms with Crippen LogP contribution in [0.1, 0.15) is 24.6 Å². The average Bonchev–Trinajstić information content (AvgIpc) is 3.16. The Balaban J connectivity index is 1.97. The lowest BCUT2D eigenvalue weighted by atomic mass is 10.2. The number of unbranched alkanes of at least 4 members (excludes halogenated alkanes) is 1. The maximum Gasteiger partial charge on any atom is 0.268 e. The summed E-state index contributed by atoms with van der Waals surface area (Å²) in [5.41, 5.74) is 0.519. The van der Waals surface area contributed by atoms with Crippen molar-refractivity contribution in [2.24, 2.45) is 0 Å². The van der Waals surface area contributed by atoms with Gasteiger partial charge in [-0.2, -0.15) is 0 Å². The Bertz CT molecular complexity index is 782. The van der Waals surface area contributed by atoms with Crippen LogP contribution in [0.3, 0.4) is 0 Å². The van der Waals surface area contributed by atoms with Crippen molar-refractivity contribution in [2.75, 3.05) is 6.54 Å². The number of hydrogen-bond acceptors (Lipinski definition) is 4. The van der Waals surface area contributed by atoms with Crippen LogP contribution in [0, 0.1) is 0 Å². The quantitative estimate of drug-likeness (QED) is 0.659. The predicted molar refractivity (Wildman–Crippen MR) is 100 cm³/mol.